The lowest BCUT2D eigenvalue weighted by molar-refractivity contribution is 0.671. The van der Waals surface area contributed by atoms with Gasteiger partial charge in [-0.05, 0) is 39.4 Å². The molecule has 0 radical (unpaired) electrons. The molecule has 4 nitrogen and oxygen atoms in total. The molecule has 55 heavy (non-hydrogen) atoms. The van der Waals surface area contributed by atoms with E-state index < -0.39 is 0 Å². The molecule has 0 aliphatic heterocycles. The summed E-state index contributed by atoms with van der Waals surface area (Å²) in [5.41, 5.74) is 13.3. The zero-order valence-electron chi connectivity index (χ0n) is 29.8. The summed E-state index contributed by atoms with van der Waals surface area (Å²) in [6, 6.07) is 69.2. The third kappa shape index (κ3) is 6.16. The molecule has 0 saturated carbocycles. The van der Waals surface area contributed by atoms with E-state index >= 15 is 0 Å². The van der Waals surface area contributed by atoms with Crippen molar-refractivity contribution in [3.63, 3.8) is 0 Å². The Balaban J connectivity index is 1.08. The lowest BCUT2D eigenvalue weighted by Crippen LogP contribution is -2.00. The molecular weight excluding hydrogens is 671 g/mol. The lowest BCUT2D eigenvalue weighted by atomic mass is 9.99. The summed E-state index contributed by atoms with van der Waals surface area (Å²) >= 11 is 0. The van der Waals surface area contributed by atoms with Crippen LogP contribution in [-0.2, 0) is 0 Å². The maximum atomic E-state index is 6.76. The molecule has 258 valence electrons. The second-order valence-electron chi connectivity index (χ2n) is 13.6. The van der Waals surface area contributed by atoms with Gasteiger partial charge in [-0.25, -0.2) is 15.0 Å². The zero-order valence-corrected chi connectivity index (χ0v) is 29.8. The van der Waals surface area contributed by atoms with Crippen LogP contribution >= 0.6 is 0 Å². The van der Waals surface area contributed by atoms with Gasteiger partial charge in [0.25, 0.3) is 0 Å². The molecule has 0 unspecified atom stereocenters. The molecule has 0 aliphatic carbocycles. The Morgan fingerprint density at radius 3 is 1.09 bits per heavy atom. The summed E-state index contributed by atoms with van der Waals surface area (Å²) in [6.07, 6.45) is 0. The summed E-state index contributed by atoms with van der Waals surface area (Å²) in [4.78, 5) is 15.2. The van der Waals surface area contributed by atoms with Crippen molar-refractivity contribution >= 4 is 21.9 Å². The van der Waals surface area contributed by atoms with E-state index in [0.29, 0.717) is 17.5 Å². The van der Waals surface area contributed by atoms with Gasteiger partial charge in [-0.2, -0.15) is 0 Å². The van der Waals surface area contributed by atoms with Gasteiger partial charge in [-0.15, -0.1) is 0 Å². The van der Waals surface area contributed by atoms with Gasteiger partial charge in [-0.1, -0.05) is 194 Å². The normalized spacial score (nSPS) is 11.3. The predicted octanol–water partition coefficient (Wildman–Crippen LogP) is 13.4. The minimum Gasteiger partial charge on any atom is -0.455 e. The molecule has 10 rings (SSSR count). The number of fused-ring (bicyclic) bond motifs is 3. The van der Waals surface area contributed by atoms with Crippen LogP contribution in [0.4, 0.5) is 0 Å². The Hall–Kier alpha value is -7.43. The van der Waals surface area contributed by atoms with Crippen LogP contribution in [0.3, 0.4) is 0 Å². The van der Waals surface area contributed by atoms with Crippen LogP contribution in [-0.4, -0.2) is 15.0 Å². The molecule has 0 N–H and O–H groups in total. The highest BCUT2D eigenvalue weighted by atomic mass is 16.3. The topological polar surface area (TPSA) is 51.8 Å². The molecule has 2 aromatic heterocycles. The Morgan fingerprint density at radius 2 is 0.600 bits per heavy atom. The average Bonchev–Trinajstić information content (AvgIpc) is 3.67. The Morgan fingerprint density at radius 1 is 0.255 bits per heavy atom. The van der Waals surface area contributed by atoms with Gasteiger partial charge >= 0.3 is 0 Å². The number of benzene rings is 8. The molecule has 0 fully saturated rings. The first-order valence-corrected chi connectivity index (χ1v) is 18.4. The number of hydrogen-bond acceptors (Lipinski definition) is 4. The second kappa shape index (κ2) is 13.8. The fourth-order valence-corrected chi connectivity index (χ4v) is 7.37. The third-order valence-corrected chi connectivity index (χ3v) is 10.2. The van der Waals surface area contributed by atoms with Crippen LogP contribution in [0.2, 0.25) is 0 Å². The number of rotatable bonds is 7. The van der Waals surface area contributed by atoms with Gasteiger partial charge < -0.3 is 4.42 Å². The van der Waals surface area contributed by atoms with Crippen molar-refractivity contribution in [2.45, 2.75) is 0 Å². The summed E-state index contributed by atoms with van der Waals surface area (Å²) in [7, 11) is 0. The van der Waals surface area contributed by atoms with E-state index in [2.05, 4.69) is 182 Å². The summed E-state index contributed by atoms with van der Waals surface area (Å²) in [6.45, 7) is 0. The van der Waals surface area contributed by atoms with E-state index in [1.54, 1.807) is 0 Å². The van der Waals surface area contributed by atoms with Crippen molar-refractivity contribution in [2.75, 3.05) is 0 Å². The zero-order chi connectivity index (χ0) is 36.6. The number of nitrogens with zero attached hydrogens (tertiary/aromatic N) is 3. The van der Waals surface area contributed by atoms with Crippen molar-refractivity contribution in [2.24, 2.45) is 0 Å². The summed E-state index contributed by atoms with van der Waals surface area (Å²) in [5.74, 6) is 1.83. The largest absolute Gasteiger partial charge is 0.455 e. The van der Waals surface area contributed by atoms with E-state index in [0.717, 1.165) is 83.1 Å². The van der Waals surface area contributed by atoms with E-state index in [-0.39, 0.29) is 0 Å². The molecule has 10 aromatic rings. The SMILES string of the molecule is c1ccc(-c2ccc(-c3nc(-c4ccc(-c5ccccc5)cc4)nc(-c4cccc(-c5cccc6c5oc5c(-c7ccccc7)cccc56)c4)n3)cc2)cc1. The molecule has 0 bridgehead atoms. The molecular formula is C51H33N3O. The molecule has 0 amide bonds. The van der Waals surface area contributed by atoms with Gasteiger partial charge in [0.1, 0.15) is 11.2 Å². The lowest BCUT2D eigenvalue weighted by Gasteiger charge is -2.11. The Kier molecular flexibility index (Phi) is 8.12. The number of aromatic nitrogens is 3. The standard InChI is InChI=1S/C51H33N3O/c1-4-13-34(14-5-1)36-25-29-39(30-26-36)49-52-50(40-31-27-37(28-32-40)35-15-6-2-7-16-35)54-51(53-49)42-20-10-19-41(33-42)44-22-12-24-46-45-23-11-21-43(47(45)55-48(44)46)38-17-8-3-9-18-38/h1-33H. The Labute approximate surface area is 319 Å². The van der Waals surface area contributed by atoms with E-state index in [4.69, 9.17) is 19.4 Å². The van der Waals surface area contributed by atoms with Crippen LogP contribution in [0.1, 0.15) is 0 Å². The molecule has 0 saturated heterocycles. The van der Waals surface area contributed by atoms with Gasteiger partial charge in [0.15, 0.2) is 17.5 Å². The average molecular weight is 704 g/mol. The maximum absolute atomic E-state index is 6.76. The molecule has 0 spiro atoms. The van der Waals surface area contributed by atoms with Crippen molar-refractivity contribution in [3.05, 3.63) is 200 Å². The van der Waals surface area contributed by atoms with E-state index in [1.807, 2.05) is 18.2 Å². The first kappa shape index (κ1) is 32.2. The highest BCUT2D eigenvalue weighted by Crippen LogP contribution is 2.40. The minimum absolute atomic E-state index is 0.601. The predicted molar refractivity (Wildman–Crippen MR) is 225 cm³/mol. The highest BCUT2D eigenvalue weighted by molar-refractivity contribution is 6.13. The van der Waals surface area contributed by atoms with Crippen LogP contribution in [0.5, 0.6) is 0 Å². The summed E-state index contributed by atoms with van der Waals surface area (Å²) in [5, 5.41) is 2.18. The fourth-order valence-electron chi connectivity index (χ4n) is 7.37. The van der Waals surface area contributed by atoms with Crippen LogP contribution in [0.15, 0.2) is 205 Å². The van der Waals surface area contributed by atoms with Crippen molar-refractivity contribution < 1.29 is 4.42 Å². The smallest absolute Gasteiger partial charge is 0.164 e. The number of furan rings is 1. The quantitative estimate of drug-likeness (QED) is 0.166. The van der Waals surface area contributed by atoms with Gasteiger partial charge in [-0.3, -0.25) is 0 Å². The second-order valence-corrected chi connectivity index (χ2v) is 13.6. The van der Waals surface area contributed by atoms with E-state index in [9.17, 15) is 0 Å². The number of para-hydroxylation sites is 2. The van der Waals surface area contributed by atoms with Crippen LogP contribution in [0.25, 0.3) is 101 Å². The Bertz CT molecular complexity index is 2840. The van der Waals surface area contributed by atoms with Crippen molar-refractivity contribution in [1.29, 1.82) is 0 Å². The monoisotopic (exact) mass is 703 g/mol. The maximum Gasteiger partial charge on any atom is 0.164 e. The fraction of sp³-hybridized carbons (Fsp3) is 0. The van der Waals surface area contributed by atoms with Crippen LogP contribution < -0.4 is 0 Å². The molecule has 0 aliphatic rings. The summed E-state index contributed by atoms with van der Waals surface area (Å²) < 4.78 is 6.76. The van der Waals surface area contributed by atoms with Gasteiger partial charge in [0.05, 0.1) is 0 Å². The number of hydrogen-bond donors (Lipinski definition) is 0. The van der Waals surface area contributed by atoms with Crippen LogP contribution in [0, 0.1) is 0 Å². The molecule has 0 atom stereocenters. The molecule has 4 heteroatoms. The minimum atomic E-state index is 0.601. The first-order chi connectivity index (χ1) is 27.2. The third-order valence-electron chi connectivity index (χ3n) is 10.2. The first-order valence-electron chi connectivity index (χ1n) is 18.4. The highest BCUT2D eigenvalue weighted by Gasteiger charge is 2.18. The molecule has 8 aromatic carbocycles. The van der Waals surface area contributed by atoms with Gasteiger partial charge in [0.2, 0.25) is 0 Å². The van der Waals surface area contributed by atoms with Crippen molar-refractivity contribution in [1.82, 2.24) is 15.0 Å². The van der Waals surface area contributed by atoms with Gasteiger partial charge in [0, 0.05) is 38.6 Å². The van der Waals surface area contributed by atoms with Crippen molar-refractivity contribution in [3.8, 4) is 78.7 Å². The van der Waals surface area contributed by atoms with E-state index in [1.165, 1.54) is 0 Å². The molecule has 2 heterocycles.